The number of aryl methyl sites for hydroxylation is 1. The Hall–Kier alpha value is -2.82. The summed E-state index contributed by atoms with van der Waals surface area (Å²) in [5.74, 6) is -0.682. The Morgan fingerprint density at radius 1 is 1.09 bits per heavy atom. The molecule has 3 aromatic rings. The van der Waals surface area contributed by atoms with E-state index in [4.69, 9.17) is 0 Å². The lowest BCUT2D eigenvalue weighted by molar-refractivity contribution is 0.0979. The van der Waals surface area contributed by atoms with Crippen molar-refractivity contribution in [2.45, 2.75) is 12.8 Å². The van der Waals surface area contributed by atoms with Crippen molar-refractivity contribution in [2.24, 2.45) is 0 Å². The number of anilines is 1. The molecule has 0 unspecified atom stereocenters. The predicted octanol–water partition coefficient (Wildman–Crippen LogP) is 3.36. The van der Waals surface area contributed by atoms with Crippen molar-refractivity contribution < 1.29 is 9.18 Å². The van der Waals surface area contributed by atoms with Gasteiger partial charge in [-0.25, -0.2) is 9.37 Å². The van der Waals surface area contributed by atoms with Crippen LogP contribution in [0.2, 0.25) is 0 Å². The maximum absolute atomic E-state index is 14.2. The zero-order chi connectivity index (χ0) is 15.8. The molecule has 1 amide bonds. The van der Waals surface area contributed by atoms with Crippen LogP contribution >= 0.6 is 0 Å². The van der Waals surface area contributed by atoms with Crippen molar-refractivity contribution in [2.75, 3.05) is 11.4 Å². The number of carbonyl (C=O) groups is 1. The molecular weight excluding hydrogens is 293 g/mol. The molecule has 0 N–H and O–H groups in total. The monoisotopic (exact) mass is 307 g/mol. The number of fused-ring (bicyclic) bond motifs is 2. The van der Waals surface area contributed by atoms with E-state index >= 15 is 0 Å². The van der Waals surface area contributed by atoms with E-state index in [0.29, 0.717) is 17.7 Å². The van der Waals surface area contributed by atoms with E-state index in [1.54, 1.807) is 6.07 Å². The first-order valence-electron chi connectivity index (χ1n) is 7.55. The van der Waals surface area contributed by atoms with Crippen LogP contribution in [-0.2, 0) is 6.42 Å². The lowest BCUT2D eigenvalue weighted by Gasteiger charge is -2.29. The third-order valence-corrected chi connectivity index (χ3v) is 4.08. The fourth-order valence-corrected chi connectivity index (χ4v) is 3.01. The largest absolute Gasteiger partial charge is 0.304 e. The fraction of sp³-hybridized carbons (Fsp3) is 0.167. The van der Waals surface area contributed by atoms with Crippen LogP contribution < -0.4 is 4.90 Å². The Bertz CT molecular complexity index is 910. The molecule has 4 nitrogen and oxygen atoms in total. The van der Waals surface area contributed by atoms with Crippen LogP contribution in [0.1, 0.15) is 22.5 Å². The van der Waals surface area contributed by atoms with Crippen LogP contribution in [0.15, 0.2) is 48.7 Å². The number of aromatic nitrogens is 2. The van der Waals surface area contributed by atoms with E-state index in [-0.39, 0.29) is 17.4 Å². The summed E-state index contributed by atoms with van der Waals surface area (Å²) < 4.78 is 14.2. The average molecular weight is 307 g/mol. The van der Waals surface area contributed by atoms with Gasteiger partial charge in [0.2, 0.25) is 0 Å². The summed E-state index contributed by atoms with van der Waals surface area (Å²) in [5, 5.41) is 0. The quantitative estimate of drug-likeness (QED) is 0.692. The molecule has 4 rings (SSSR count). The maximum atomic E-state index is 14.2. The number of amides is 1. The summed E-state index contributed by atoms with van der Waals surface area (Å²) in [4.78, 5) is 22.9. The van der Waals surface area contributed by atoms with Gasteiger partial charge >= 0.3 is 0 Å². The molecule has 1 aliphatic heterocycles. The Morgan fingerprint density at radius 3 is 2.78 bits per heavy atom. The summed E-state index contributed by atoms with van der Waals surface area (Å²) in [6, 6.07) is 12.3. The number of benzene rings is 2. The molecule has 1 aliphatic rings. The number of hydrogen-bond donors (Lipinski definition) is 0. The Labute approximate surface area is 132 Å². The average Bonchev–Trinajstić information content (AvgIpc) is 2.60. The van der Waals surface area contributed by atoms with Gasteiger partial charge in [0.15, 0.2) is 0 Å². The van der Waals surface area contributed by atoms with E-state index in [2.05, 4.69) is 9.97 Å². The topological polar surface area (TPSA) is 46.1 Å². The normalized spacial score (nSPS) is 13.9. The zero-order valence-electron chi connectivity index (χ0n) is 12.4. The Balaban J connectivity index is 1.77. The summed E-state index contributed by atoms with van der Waals surface area (Å²) in [7, 11) is 0. The molecular formula is C18H14FN3O. The predicted molar refractivity (Wildman–Crippen MR) is 85.9 cm³/mol. The summed E-state index contributed by atoms with van der Waals surface area (Å²) in [6.45, 7) is 0.487. The second-order valence-corrected chi connectivity index (χ2v) is 5.55. The van der Waals surface area contributed by atoms with Crippen LogP contribution in [-0.4, -0.2) is 22.4 Å². The molecule has 5 heteroatoms. The highest BCUT2D eigenvalue weighted by Crippen LogP contribution is 2.30. The fourth-order valence-electron chi connectivity index (χ4n) is 3.01. The molecule has 0 fully saturated rings. The Kier molecular flexibility index (Phi) is 3.26. The smallest absolute Gasteiger partial charge is 0.278 e. The highest BCUT2D eigenvalue weighted by atomic mass is 19.1. The highest BCUT2D eigenvalue weighted by molar-refractivity contribution is 6.06. The minimum Gasteiger partial charge on any atom is -0.304 e. The van der Waals surface area contributed by atoms with Crippen LogP contribution in [0, 0.1) is 5.82 Å². The van der Waals surface area contributed by atoms with Crippen LogP contribution in [0.3, 0.4) is 0 Å². The lowest BCUT2D eigenvalue weighted by Crippen LogP contribution is -2.36. The van der Waals surface area contributed by atoms with Gasteiger partial charge in [-0.2, -0.15) is 0 Å². The van der Waals surface area contributed by atoms with E-state index in [0.717, 1.165) is 23.9 Å². The first-order valence-corrected chi connectivity index (χ1v) is 7.55. The van der Waals surface area contributed by atoms with Gasteiger partial charge in [0.1, 0.15) is 11.5 Å². The van der Waals surface area contributed by atoms with Crippen molar-refractivity contribution in [3.63, 3.8) is 0 Å². The molecule has 0 bridgehead atoms. The second kappa shape index (κ2) is 5.43. The molecule has 0 saturated heterocycles. The lowest BCUT2D eigenvalue weighted by atomic mass is 10.0. The minimum absolute atomic E-state index is 0.236. The number of hydrogen-bond acceptors (Lipinski definition) is 3. The third kappa shape index (κ3) is 2.34. The molecule has 0 spiro atoms. The number of para-hydroxylation sites is 3. The number of nitrogens with zero attached hydrogens (tertiary/aromatic N) is 3. The number of halogens is 1. The molecule has 0 saturated carbocycles. The van der Waals surface area contributed by atoms with Gasteiger partial charge in [-0.3, -0.25) is 9.78 Å². The van der Waals surface area contributed by atoms with Crippen LogP contribution in [0.25, 0.3) is 11.0 Å². The van der Waals surface area contributed by atoms with E-state index < -0.39 is 0 Å². The summed E-state index contributed by atoms with van der Waals surface area (Å²) >= 11 is 0. The van der Waals surface area contributed by atoms with Crippen molar-refractivity contribution in [1.82, 2.24) is 9.97 Å². The van der Waals surface area contributed by atoms with Gasteiger partial charge in [-0.15, -0.1) is 0 Å². The second-order valence-electron chi connectivity index (χ2n) is 5.55. The van der Waals surface area contributed by atoms with Crippen molar-refractivity contribution in [3.8, 4) is 0 Å². The standard InChI is InChI=1S/C18H14FN3O/c19-13-7-3-5-12-6-4-10-22(17(12)13)18(23)16-11-20-14-8-1-2-9-15(14)21-16/h1-3,5,7-9,11H,4,6,10H2. The van der Waals surface area contributed by atoms with Gasteiger partial charge < -0.3 is 4.90 Å². The summed E-state index contributed by atoms with van der Waals surface area (Å²) in [5.41, 5.74) is 2.86. The van der Waals surface area contributed by atoms with Gasteiger partial charge in [-0.1, -0.05) is 24.3 Å². The van der Waals surface area contributed by atoms with E-state index in [1.807, 2.05) is 30.3 Å². The van der Waals surface area contributed by atoms with Gasteiger partial charge in [0.25, 0.3) is 5.91 Å². The zero-order valence-corrected chi connectivity index (χ0v) is 12.4. The van der Waals surface area contributed by atoms with Gasteiger partial charge in [0, 0.05) is 6.54 Å². The molecule has 2 aromatic carbocycles. The molecule has 0 atom stereocenters. The van der Waals surface area contributed by atoms with Crippen molar-refractivity contribution >= 4 is 22.6 Å². The SMILES string of the molecule is O=C(c1cnc2ccccc2n1)N1CCCc2cccc(F)c21. The maximum Gasteiger partial charge on any atom is 0.278 e. The van der Waals surface area contributed by atoms with Crippen LogP contribution in [0.5, 0.6) is 0 Å². The molecule has 2 heterocycles. The van der Waals surface area contributed by atoms with Crippen molar-refractivity contribution in [1.29, 1.82) is 0 Å². The summed E-state index contributed by atoms with van der Waals surface area (Å²) in [6.07, 6.45) is 3.04. The van der Waals surface area contributed by atoms with E-state index in [9.17, 15) is 9.18 Å². The van der Waals surface area contributed by atoms with Crippen LogP contribution in [0.4, 0.5) is 10.1 Å². The molecule has 23 heavy (non-hydrogen) atoms. The number of rotatable bonds is 1. The molecule has 1 aromatic heterocycles. The minimum atomic E-state index is -0.371. The molecule has 114 valence electrons. The molecule has 0 aliphatic carbocycles. The first-order chi connectivity index (χ1) is 11.2. The van der Waals surface area contributed by atoms with Gasteiger partial charge in [0.05, 0.1) is 22.9 Å². The molecule has 0 radical (unpaired) electrons. The highest BCUT2D eigenvalue weighted by Gasteiger charge is 2.27. The third-order valence-electron chi connectivity index (χ3n) is 4.08. The van der Waals surface area contributed by atoms with Crippen molar-refractivity contribution in [3.05, 3.63) is 65.7 Å². The van der Waals surface area contributed by atoms with Gasteiger partial charge in [-0.05, 0) is 36.6 Å². The first kappa shape index (κ1) is 13.8. The Morgan fingerprint density at radius 2 is 1.91 bits per heavy atom. The number of carbonyl (C=O) groups excluding carboxylic acids is 1. The van der Waals surface area contributed by atoms with E-state index in [1.165, 1.54) is 17.2 Å².